The highest BCUT2D eigenvalue weighted by atomic mass is 16.5. The molecule has 1 N–H and O–H groups in total. The van der Waals surface area contributed by atoms with Crippen LogP contribution in [0, 0.1) is 0 Å². The molecular weight excluding hydrogens is 384 g/mol. The lowest BCUT2D eigenvalue weighted by atomic mass is 10.0. The second kappa shape index (κ2) is 10.0. The second-order valence-electron chi connectivity index (χ2n) is 7.20. The number of methoxy groups -OCH3 is 3. The number of amides is 2. The molecule has 2 amide bonds. The summed E-state index contributed by atoms with van der Waals surface area (Å²) in [6.07, 6.45) is 1.73. The minimum absolute atomic E-state index is 0.0173. The molecule has 1 heterocycles. The fraction of sp³-hybridized carbons (Fsp3) is 0.391. The van der Waals surface area contributed by atoms with E-state index in [1.165, 1.54) is 14.2 Å². The van der Waals surface area contributed by atoms with E-state index in [1.54, 1.807) is 30.2 Å². The molecule has 2 aromatic carbocycles. The summed E-state index contributed by atoms with van der Waals surface area (Å²) in [5.74, 6) is 1.62. The quantitative estimate of drug-likeness (QED) is 0.757. The van der Waals surface area contributed by atoms with Crippen molar-refractivity contribution in [2.75, 3.05) is 34.4 Å². The van der Waals surface area contributed by atoms with Gasteiger partial charge in [-0.1, -0.05) is 18.2 Å². The number of likely N-dealkylation sites (tertiary alicyclic amines) is 1. The van der Waals surface area contributed by atoms with Crippen LogP contribution in [-0.4, -0.2) is 57.2 Å². The van der Waals surface area contributed by atoms with Gasteiger partial charge in [0.1, 0.15) is 22.8 Å². The molecule has 30 heavy (non-hydrogen) atoms. The molecule has 3 rings (SSSR count). The molecule has 0 atom stereocenters. The Kier molecular flexibility index (Phi) is 7.17. The van der Waals surface area contributed by atoms with E-state index in [4.69, 9.17) is 14.2 Å². The smallest absolute Gasteiger partial charge is 0.261 e. The van der Waals surface area contributed by atoms with Crippen LogP contribution in [0.4, 0.5) is 0 Å². The molecule has 2 aromatic rings. The van der Waals surface area contributed by atoms with Gasteiger partial charge in [-0.25, -0.2) is 0 Å². The topological polar surface area (TPSA) is 77.1 Å². The number of hydrogen-bond acceptors (Lipinski definition) is 5. The molecule has 0 aliphatic carbocycles. The van der Waals surface area contributed by atoms with Gasteiger partial charge in [-0.3, -0.25) is 9.59 Å². The van der Waals surface area contributed by atoms with Crippen molar-refractivity contribution in [2.24, 2.45) is 0 Å². The van der Waals surface area contributed by atoms with Crippen LogP contribution in [0.2, 0.25) is 0 Å². The van der Waals surface area contributed by atoms with Crippen LogP contribution in [-0.2, 0) is 11.2 Å². The standard InChI is InChI=1S/C23H28N2O5/c1-28-18-9-7-16(8-10-18)15-21(26)24-17-11-13-25(14-12-17)23(27)22-19(29-2)5-4-6-20(22)30-3/h4-10,17H,11-15H2,1-3H3,(H,24,26). The Labute approximate surface area is 176 Å². The van der Waals surface area contributed by atoms with Gasteiger partial charge in [0.05, 0.1) is 27.8 Å². The number of nitrogens with zero attached hydrogens (tertiary/aromatic N) is 1. The third kappa shape index (κ3) is 5.03. The van der Waals surface area contributed by atoms with Gasteiger partial charge in [-0.15, -0.1) is 0 Å². The van der Waals surface area contributed by atoms with Gasteiger partial charge in [0.15, 0.2) is 0 Å². The van der Waals surface area contributed by atoms with E-state index in [9.17, 15) is 9.59 Å². The molecule has 1 saturated heterocycles. The van der Waals surface area contributed by atoms with Gasteiger partial charge >= 0.3 is 0 Å². The first-order valence-corrected chi connectivity index (χ1v) is 9.98. The van der Waals surface area contributed by atoms with Crippen molar-refractivity contribution in [2.45, 2.75) is 25.3 Å². The summed E-state index contributed by atoms with van der Waals surface area (Å²) in [5, 5.41) is 3.08. The molecule has 0 aromatic heterocycles. The van der Waals surface area contributed by atoms with Gasteiger partial charge < -0.3 is 24.4 Å². The van der Waals surface area contributed by atoms with Crippen molar-refractivity contribution in [3.8, 4) is 17.2 Å². The number of hydrogen-bond donors (Lipinski definition) is 1. The number of rotatable bonds is 7. The number of piperidine rings is 1. The highest BCUT2D eigenvalue weighted by Gasteiger charge is 2.28. The summed E-state index contributed by atoms with van der Waals surface area (Å²) in [4.78, 5) is 27.2. The minimum atomic E-state index is -0.118. The highest BCUT2D eigenvalue weighted by molar-refractivity contribution is 5.99. The Morgan fingerprint density at radius 3 is 2.07 bits per heavy atom. The second-order valence-corrected chi connectivity index (χ2v) is 7.20. The van der Waals surface area contributed by atoms with E-state index in [0.29, 0.717) is 49.4 Å². The largest absolute Gasteiger partial charge is 0.497 e. The zero-order chi connectivity index (χ0) is 21.5. The number of ether oxygens (including phenoxy) is 3. The Bertz CT molecular complexity index is 851. The highest BCUT2D eigenvalue weighted by Crippen LogP contribution is 2.30. The summed E-state index contributed by atoms with van der Waals surface area (Å²) in [6.45, 7) is 1.13. The Morgan fingerprint density at radius 2 is 1.53 bits per heavy atom. The van der Waals surface area contributed by atoms with E-state index >= 15 is 0 Å². The fourth-order valence-corrected chi connectivity index (χ4v) is 3.65. The van der Waals surface area contributed by atoms with E-state index in [2.05, 4.69) is 5.32 Å². The normalized spacial score (nSPS) is 14.2. The predicted molar refractivity (Wildman–Crippen MR) is 113 cm³/mol. The summed E-state index contributed by atoms with van der Waals surface area (Å²) in [5.41, 5.74) is 1.37. The predicted octanol–water partition coefficient (Wildman–Crippen LogP) is 2.68. The van der Waals surface area contributed by atoms with Crippen LogP contribution in [0.1, 0.15) is 28.8 Å². The molecule has 160 valence electrons. The number of benzene rings is 2. The number of carbonyl (C=O) groups is 2. The van der Waals surface area contributed by atoms with Gasteiger partial charge in [0.25, 0.3) is 5.91 Å². The first-order valence-electron chi connectivity index (χ1n) is 9.98. The van der Waals surface area contributed by atoms with Crippen LogP contribution < -0.4 is 19.5 Å². The van der Waals surface area contributed by atoms with Crippen LogP contribution in [0.25, 0.3) is 0 Å². The van der Waals surface area contributed by atoms with Crippen LogP contribution in [0.3, 0.4) is 0 Å². The van der Waals surface area contributed by atoms with Crippen molar-refractivity contribution < 1.29 is 23.8 Å². The molecule has 7 nitrogen and oxygen atoms in total. The maximum Gasteiger partial charge on any atom is 0.261 e. The molecule has 0 saturated carbocycles. The molecule has 0 bridgehead atoms. The van der Waals surface area contributed by atoms with Gasteiger partial charge in [0.2, 0.25) is 5.91 Å². The number of carbonyl (C=O) groups excluding carboxylic acids is 2. The van der Waals surface area contributed by atoms with Gasteiger partial charge in [-0.2, -0.15) is 0 Å². The van der Waals surface area contributed by atoms with E-state index in [1.807, 2.05) is 24.3 Å². The molecule has 0 unspecified atom stereocenters. The lowest BCUT2D eigenvalue weighted by Gasteiger charge is -2.33. The van der Waals surface area contributed by atoms with Gasteiger partial charge in [-0.05, 0) is 42.7 Å². The molecule has 1 aliphatic heterocycles. The summed E-state index contributed by atoms with van der Waals surface area (Å²) >= 11 is 0. The summed E-state index contributed by atoms with van der Waals surface area (Å²) in [7, 11) is 4.69. The summed E-state index contributed by atoms with van der Waals surface area (Å²) in [6, 6.07) is 12.8. The molecule has 0 radical (unpaired) electrons. The molecule has 1 aliphatic rings. The lowest BCUT2D eigenvalue weighted by Crippen LogP contribution is -2.47. The lowest BCUT2D eigenvalue weighted by molar-refractivity contribution is -0.121. The average Bonchev–Trinajstić information content (AvgIpc) is 2.79. The number of nitrogens with one attached hydrogen (secondary N) is 1. The monoisotopic (exact) mass is 412 g/mol. The van der Waals surface area contributed by atoms with Gasteiger partial charge in [0, 0.05) is 19.1 Å². The minimum Gasteiger partial charge on any atom is -0.497 e. The SMILES string of the molecule is COc1ccc(CC(=O)NC2CCN(C(=O)c3c(OC)cccc3OC)CC2)cc1. The first-order chi connectivity index (χ1) is 14.5. The van der Waals surface area contributed by atoms with Crippen molar-refractivity contribution in [3.05, 3.63) is 53.6 Å². The zero-order valence-electron chi connectivity index (χ0n) is 17.6. The van der Waals surface area contributed by atoms with Crippen LogP contribution in [0.5, 0.6) is 17.2 Å². The molecule has 1 fully saturated rings. The maximum absolute atomic E-state index is 13.0. The fourth-order valence-electron chi connectivity index (χ4n) is 3.65. The molecule has 7 heteroatoms. The Morgan fingerprint density at radius 1 is 0.933 bits per heavy atom. The van der Waals surface area contributed by atoms with Crippen molar-refractivity contribution in [1.29, 1.82) is 0 Å². The third-order valence-corrected chi connectivity index (χ3v) is 5.31. The van der Waals surface area contributed by atoms with Crippen molar-refractivity contribution >= 4 is 11.8 Å². The Balaban J connectivity index is 1.54. The van der Waals surface area contributed by atoms with Crippen LogP contribution in [0.15, 0.2) is 42.5 Å². The van der Waals surface area contributed by atoms with E-state index < -0.39 is 0 Å². The first kappa shape index (κ1) is 21.5. The Hall–Kier alpha value is -3.22. The van der Waals surface area contributed by atoms with Crippen molar-refractivity contribution in [1.82, 2.24) is 10.2 Å². The average molecular weight is 412 g/mol. The third-order valence-electron chi connectivity index (χ3n) is 5.31. The molecule has 0 spiro atoms. The van der Waals surface area contributed by atoms with E-state index in [0.717, 1.165) is 11.3 Å². The maximum atomic E-state index is 13.0. The zero-order valence-corrected chi connectivity index (χ0v) is 17.6. The van der Waals surface area contributed by atoms with Crippen LogP contribution >= 0.6 is 0 Å². The molecular formula is C23H28N2O5. The summed E-state index contributed by atoms with van der Waals surface area (Å²) < 4.78 is 15.8. The van der Waals surface area contributed by atoms with Crippen molar-refractivity contribution in [3.63, 3.8) is 0 Å². The van der Waals surface area contributed by atoms with E-state index in [-0.39, 0.29) is 17.9 Å².